The van der Waals surface area contributed by atoms with Gasteiger partial charge in [-0.25, -0.2) is 4.98 Å². The van der Waals surface area contributed by atoms with E-state index in [0.717, 1.165) is 36.3 Å². The van der Waals surface area contributed by atoms with Crippen LogP contribution in [0.3, 0.4) is 0 Å². The predicted molar refractivity (Wildman–Crippen MR) is 95.9 cm³/mol. The van der Waals surface area contributed by atoms with Crippen LogP contribution in [0.5, 0.6) is 0 Å². The molecule has 4 heteroatoms. The van der Waals surface area contributed by atoms with Crippen LogP contribution in [-0.4, -0.2) is 39.2 Å². The van der Waals surface area contributed by atoms with Gasteiger partial charge in [-0.15, -0.1) is 0 Å². The maximum Gasteiger partial charge on any atom is 0.112 e. The molecule has 4 rings (SSSR count). The maximum atomic E-state index is 10.8. The first-order chi connectivity index (χ1) is 11.7. The largest absolute Gasteiger partial charge is 0.387 e. The highest BCUT2D eigenvalue weighted by molar-refractivity contribution is 5.85. The van der Waals surface area contributed by atoms with E-state index >= 15 is 0 Å². The lowest BCUT2D eigenvalue weighted by Gasteiger charge is -2.21. The molecule has 0 saturated carbocycles. The van der Waals surface area contributed by atoms with E-state index in [-0.39, 0.29) is 0 Å². The highest BCUT2D eigenvalue weighted by Gasteiger charge is 2.28. The zero-order valence-corrected chi connectivity index (χ0v) is 14.0. The smallest absolute Gasteiger partial charge is 0.112 e. The topological polar surface area (TPSA) is 41.3 Å². The van der Waals surface area contributed by atoms with Crippen LogP contribution in [0.4, 0.5) is 0 Å². The second-order valence-corrected chi connectivity index (χ2v) is 6.73. The van der Waals surface area contributed by atoms with Crippen molar-refractivity contribution >= 4 is 10.8 Å². The molecule has 1 fully saturated rings. The summed E-state index contributed by atoms with van der Waals surface area (Å²) in [5.74, 6) is 1.61. The molecule has 1 aliphatic heterocycles. The Balaban J connectivity index is 1.48. The molecular formula is C20H23N3O. The third kappa shape index (κ3) is 2.83. The molecule has 1 saturated heterocycles. The summed E-state index contributed by atoms with van der Waals surface area (Å²) in [6.07, 6.45) is 4.51. The Labute approximate surface area is 142 Å². The van der Waals surface area contributed by atoms with E-state index in [1.807, 2.05) is 36.7 Å². The summed E-state index contributed by atoms with van der Waals surface area (Å²) >= 11 is 0. The number of likely N-dealkylation sites (tertiary alicyclic amines) is 1. The fourth-order valence-corrected chi connectivity index (χ4v) is 3.86. The van der Waals surface area contributed by atoms with E-state index in [1.165, 1.54) is 5.39 Å². The van der Waals surface area contributed by atoms with Gasteiger partial charge in [0.2, 0.25) is 0 Å². The van der Waals surface area contributed by atoms with Crippen molar-refractivity contribution < 1.29 is 5.11 Å². The van der Waals surface area contributed by atoms with E-state index in [4.69, 9.17) is 0 Å². The molecular weight excluding hydrogens is 298 g/mol. The van der Waals surface area contributed by atoms with Gasteiger partial charge in [0.15, 0.2) is 0 Å². The number of β-amino-alcohol motifs (C(OH)–C–C–N with tert-alkyl or cyclic N) is 1. The minimum atomic E-state index is -0.462. The molecule has 0 amide bonds. The van der Waals surface area contributed by atoms with E-state index in [1.54, 1.807) is 0 Å². The van der Waals surface area contributed by atoms with E-state index < -0.39 is 6.10 Å². The number of aryl methyl sites for hydroxylation is 1. The molecule has 0 bridgehead atoms. The molecule has 0 spiro atoms. The first-order valence-corrected chi connectivity index (χ1v) is 8.57. The van der Waals surface area contributed by atoms with Crippen LogP contribution >= 0.6 is 0 Å². The first-order valence-electron chi connectivity index (χ1n) is 8.57. The number of hydrogen-bond donors (Lipinski definition) is 1. The monoisotopic (exact) mass is 321 g/mol. The van der Waals surface area contributed by atoms with Crippen LogP contribution in [0, 0.1) is 0 Å². The lowest BCUT2D eigenvalue weighted by molar-refractivity contribution is 0.126. The summed E-state index contributed by atoms with van der Waals surface area (Å²) in [4.78, 5) is 6.84. The summed E-state index contributed by atoms with van der Waals surface area (Å²) < 4.78 is 2.11. The van der Waals surface area contributed by atoms with Crippen molar-refractivity contribution in [2.45, 2.75) is 18.4 Å². The molecule has 124 valence electrons. The van der Waals surface area contributed by atoms with Gasteiger partial charge < -0.3 is 9.67 Å². The average molecular weight is 321 g/mol. The summed E-state index contributed by atoms with van der Waals surface area (Å²) in [6, 6.07) is 14.4. The number of hydrogen-bond acceptors (Lipinski definition) is 3. The van der Waals surface area contributed by atoms with Gasteiger partial charge in [-0.05, 0) is 29.3 Å². The second kappa shape index (κ2) is 6.38. The van der Waals surface area contributed by atoms with Crippen molar-refractivity contribution in [1.82, 2.24) is 14.5 Å². The van der Waals surface area contributed by atoms with Gasteiger partial charge in [0.1, 0.15) is 5.82 Å². The van der Waals surface area contributed by atoms with E-state index in [9.17, 15) is 5.11 Å². The summed E-state index contributed by atoms with van der Waals surface area (Å²) in [5.41, 5.74) is 1.02. The van der Waals surface area contributed by atoms with Gasteiger partial charge in [-0.1, -0.05) is 42.5 Å². The standard InChI is InChI=1S/C20H23N3O/c1-22-12-10-21-20(22)16-9-11-23(13-16)14-19(24)18-8-4-6-15-5-2-3-7-17(15)18/h2-8,10,12,16,19,24H,9,11,13-14H2,1H3/t16?,19-/m0/s1. The maximum absolute atomic E-state index is 10.8. The molecule has 0 radical (unpaired) electrons. The van der Waals surface area contributed by atoms with Gasteiger partial charge >= 0.3 is 0 Å². The Morgan fingerprint density at radius 2 is 2.04 bits per heavy atom. The molecule has 2 heterocycles. The highest BCUT2D eigenvalue weighted by atomic mass is 16.3. The van der Waals surface area contributed by atoms with Crippen molar-refractivity contribution in [3.63, 3.8) is 0 Å². The summed E-state index contributed by atoms with van der Waals surface area (Å²) in [5, 5.41) is 13.1. The predicted octanol–water partition coefficient (Wildman–Crippen LogP) is 3.10. The number of aromatic nitrogens is 2. The average Bonchev–Trinajstić information content (AvgIpc) is 3.23. The molecule has 2 atom stereocenters. The molecule has 24 heavy (non-hydrogen) atoms. The quantitative estimate of drug-likeness (QED) is 0.803. The minimum Gasteiger partial charge on any atom is -0.387 e. The molecule has 2 aromatic carbocycles. The van der Waals surface area contributed by atoms with Crippen molar-refractivity contribution in [1.29, 1.82) is 0 Å². The Bertz CT molecular complexity index is 836. The Morgan fingerprint density at radius 3 is 2.88 bits per heavy atom. The molecule has 4 nitrogen and oxygen atoms in total. The fraction of sp³-hybridized carbons (Fsp3) is 0.350. The fourth-order valence-electron chi connectivity index (χ4n) is 3.86. The van der Waals surface area contributed by atoms with Crippen LogP contribution in [0.25, 0.3) is 10.8 Å². The normalized spacial score (nSPS) is 19.8. The molecule has 1 aliphatic rings. The van der Waals surface area contributed by atoms with Crippen molar-refractivity contribution in [2.24, 2.45) is 7.05 Å². The number of rotatable bonds is 4. The van der Waals surface area contributed by atoms with Crippen molar-refractivity contribution in [3.8, 4) is 0 Å². The van der Waals surface area contributed by atoms with E-state index in [2.05, 4.69) is 39.7 Å². The third-order valence-corrected chi connectivity index (χ3v) is 5.11. The Kier molecular flexibility index (Phi) is 4.08. The zero-order valence-electron chi connectivity index (χ0n) is 14.0. The second-order valence-electron chi connectivity index (χ2n) is 6.73. The third-order valence-electron chi connectivity index (χ3n) is 5.11. The lowest BCUT2D eigenvalue weighted by atomic mass is 10.00. The summed E-state index contributed by atoms with van der Waals surface area (Å²) in [6.45, 7) is 2.65. The van der Waals surface area contributed by atoms with Crippen LogP contribution < -0.4 is 0 Å². The van der Waals surface area contributed by atoms with Gasteiger partial charge in [0, 0.05) is 38.4 Å². The van der Waals surface area contributed by atoms with Crippen LogP contribution in [0.15, 0.2) is 54.9 Å². The SMILES string of the molecule is Cn1ccnc1C1CCN(C[C@H](O)c2cccc3ccccc23)C1. The molecule has 0 aliphatic carbocycles. The van der Waals surface area contributed by atoms with Gasteiger partial charge in [0.25, 0.3) is 0 Å². The van der Waals surface area contributed by atoms with Crippen molar-refractivity contribution in [2.75, 3.05) is 19.6 Å². The molecule has 1 unspecified atom stereocenters. The number of nitrogens with zero attached hydrogens (tertiary/aromatic N) is 3. The Hall–Kier alpha value is -2.17. The lowest BCUT2D eigenvalue weighted by Crippen LogP contribution is -2.26. The van der Waals surface area contributed by atoms with Gasteiger partial charge in [-0.2, -0.15) is 0 Å². The van der Waals surface area contributed by atoms with Gasteiger partial charge in [-0.3, -0.25) is 4.90 Å². The van der Waals surface area contributed by atoms with Crippen molar-refractivity contribution in [3.05, 3.63) is 66.2 Å². The highest BCUT2D eigenvalue weighted by Crippen LogP contribution is 2.29. The number of aliphatic hydroxyl groups is 1. The number of fused-ring (bicyclic) bond motifs is 1. The molecule has 3 aromatic rings. The number of benzene rings is 2. The summed E-state index contributed by atoms with van der Waals surface area (Å²) in [7, 11) is 2.05. The first kappa shape index (κ1) is 15.4. The zero-order chi connectivity index (χ0) is 16.5. The van der Waals surface area contributed by atoms with E-state index in [0.29, 0.717) is 12.5 Å². The van der Waals surface area contributed by atoms with Crippen LogP contribution in [-0.2, 0) is 7.05 Å². The minimum absolute atomic E-state index is 0.462. The molecule has 1 aromatic heterocycles. The van der Waals surface area contributed by atoms with Gasteiger partial charge in [0.05, 0.1) is 6.10 Å². The van der Waals surface area contributed by atoms with Crippen LogP contribution in [0.2, 0.25) is 0 Å². The van der Waals surface area contributed by atoms with Crippen LogP contribution in [0.1, 0.15) is 29.8 Å². The molecule has 1 N–H and O–H groups in total. The Morgan fingerprint density at radius 1 is 1.21 bits per heavy atom. The number of aliphatic hydroxyl groups excluding tert-OH is 1. The number of imidazole rings is 1.